The number of nitrogens with two attached hydrogens (primary N) is 1. The van der Waals surface area contributed by atoms with E-state index in [2.05, 4.69) is 5.32 Å². The van der Waals surface area contributed by atoms with Crippen molar-refractivity contribution in [2.75, 3.05) is 11.9 Å². The highest BCUT2D eigenvalue weighted by Gasteiger charge is 2.46. The molecule has 1 aliphatic rings. The van der Waals surface area contributed by atoms with Crippen LogP contribution in [-0.4, -0.2) is 52.4 Å². The van der Waals surface area contributed by atoms with Gasteiger partial charge in [0.25, 0.3) is 0 Å². The van der Waals surface area contributed by atoms with Gasteiger partial charge in [0.15, 0.2) is 6.04 Å². The summed E-state index contributed by atoms with van der Waals surface area (Å²) in [5.41, 5.74) is 5.60. The van der Waals surface area contributed by atoms with Gasteiger partial charge < -0.3 is 21.3 Å². The molecule has 0 radical (unpaired) electrons. The number of nitrogens with one attached hydrogen (secondary N) is 2. The maximum Gasteiger partial charge on any atom is 0.412 e. The van der Waals surface area contributed by atoms with Crippen LogP contribution < -0.4 is 16.4 Å². The van der Waals surface area contributed by atoms with Gasteiger partial charge in [0, 0.05) is 23.0 Å². The number of urea groups is 1. The van der Waals surface area contributed by atoms with Gasteiger partial charge in [-0.1, -0.05) is 41.9 Å². The van der Waals surface area contributed by atoms with Crippen molar-refractivity contribution in [3.8, 4) is 0 Å². The summed E-state index contributed by atoms with van der Waals surface area (Å²) in [4.78, 5) is 38.4. The number of rotatable bonds is 4. The Morgan fingerprint density at radius 1 is 1.11 bits per heavy atom. The molecule has 0 bridgehead atoms. The molecule has 0 spiro atoms. The number of carbonyl (C=O) groups excluding carboxylic acids is 3. The first-order valence-corrected chi connectivity index (χ1v) is 11.1. The molecule has 3 aromatic rings. The summed E-state index contributed by atoms with van der Waals surface area (Å²) in [5, 5.41) is 4.87. The second-order valence-electron chi connectivity index (χ2n) is 8.24. The minimum Gasteiger partial charge on any atom is -0.351 e. The summed E-state index contributed by atoms with van der Waals surface area (Å²) in [5.74, 6) is -1.17. The zero-order valence-electron chi connectivity index (χ0n) is 18.4. The summed E-state index contributed by atoms with van der Waals surface area (Å²) in [6.07, 6.45) is -5.73. The van der Waals surface area contributed by atoms with E-state index in [-0.39, 0.29) is 16.3 Å². The molecule has 1 aromatic heterocycles. The highest BCUT2D eigenvalue weighted by molar-refractivity contribution is 6.30. The average molecular weight is 526 g/mol. The van der Waals surface area contributed by atoms with Crippen LogP contribution in [0.15, 0.2) is 54.7 Å². The first kappa shape index (κ1) is 25.3. The molecular formula is C23H20ClF4N5O3. The standard InChI is InChI=1S/C23H20ClF4N5O3/c24-13-5-3-4-12(8-13)19(23(26,27)28)31-20(34)18-9-14(25)10-33(18)22(36)30-16-11-32(21(29)35)17-7-2-1-6-15(16)17/h1-8,11,14,18-19H,9-10H2,(H2,29,35)(H,30,36)(H,31,34)/t14-,18+,19+/m1/s1. The third kappa shape index (κ3) is 5.08. The van der Waals surface area contributed by atoms with E-state index in [0.29, 0.717) is 10.9 Å². The number of benzene rings is 2. The number of nitrogens with zero attached hydrogens (tertiary/aromatic N) is 2. The minimum absolute atomic E-state index is 0.0387. The fraction of sp³-hybridized carbons (Fsp3) is 0.261. The zero-order valence-corrected chi connectivity index (χ0v) is 19.2. The Bertz CT molecular complexity index is 1330. The van der Waals surface area contributed by atoms with E-state index in [1.807, 2.05) is 5.32 Å². The van der Waals surface area contributed by atoms with Crippen molar-refractivity contribution in [1.82, 2.24) is 14.8 Å². The monoisotopic (exact) mass is 525 g/mol. The van der Waals surface area contributed by atoms with Crippen LogP contribution in [0.1, 0.15) is 18.0 Å². The van der Waals surface area contributed by atoms with E-state index in [1.165, 1.54) is 18.3 Å². The predicted molar refractivity (Wildman–Crippen MR) is 124 cm³/mol. The summed E-state index contributed by atoms with van der Waals surface area (Å²) < 4.78 is 56.6. The highest BCUT2D eigenvalue weighted by atomic mass is 35.5. The van der Waals surface area contributed by atoms with Crippen LogP contribution in [0, 0.1) is 0 Å². The van der Waals surface area contributed by atoms with Gasteiger partial charge in [0.1, 0.15) is 12.2 Å². The summed E-state index contributed by atoms with van der Waals surface area (Å²) in [7, 11) is 0. The number of halogens is 5. The Hall–Kier alpha value is -3.80. The van der Waals surface area contributed by atoms with Crippen LogP contribution in [0.3, 0.4) is 0 Å². The van der Waals surface area contributed by atoms with E-state index in [4.69, 9.17) is 17.3 Å². The molecule has 2 aromatic carbocycles. The normalized spacial score (nSPS) is 18.8. The summed E-state index contributed by atoms with van der Waals surface area (Å²) in [6, 6.07) is 5.74. The number of fused-ring (bicyclic) bond motifs is 1. The van der Waals surface area contributed by atoms with Crippen LogP contribution in [0.25, 0.3) is 10.9 Å². The van der Waals surface area contributed by atoms with E-state index >= 15 is 0 Å². The number of alkyl halides is 4. The second-order valence-corrected chi connectivity index (χ2v) is 8.67. The molecular weight excluding hydrogens is 506 g/mol. The lowest BCUT2D eigenvalue weighted by Crippen LogP contribution is -2.50. The molecule has 0 saturated carbocycles. The Balaban J connectivity index is 1.57. The maximum absolute atomic E-state index is 14.3. The lowest BCUT2D eigenvalue weighted by molar-refractivity contribution is -0.164. The molecule has 1 fully saturated rings. The maximum atomic E-state index is 14.3. The van der Waals surface area contributed by atoms with Crippen LogP contribution in [0.5, 0.6) is 0 Å². The van der Waals surface area contributed by atoms with E-state index in [9.17, 15) is 31.9 Å². The molecule has 1 aliphatic heterocycles. The molecule has 3 atom stereocenters. The third-order valence-electron chi connectivity index (χ3n) is 5.80. The van der Waals surface area contributed by atoms with Gasteiger partial charge in [-0.05, 0) is 23.8 Å². The van der Waals surface area contributed by atoms with Crippen molar-refractivity contribution >= 4 is 46.2 Å². The summed E-state index contributed by atoms with van der Waals surface area (Å²) in [6.45, 7) is -0.508. The van der Waals surface area contributed by atoms with Crippen molar-refractivity contribution in [1.29, 1.82) is 0 Å². The van der Waals surface area contributed by atoms with Gasteiger partial charge in [-0.2, -0.15) is 13.2 Å². The van der Waals surface area contributed by atoms with Gasteiger partial charge >= 0.3 is 18.2 Å². The fourth-order valence-electron chi connectivity index (χ4n) is 4.19. The largest absolute Gasteiger partial charge is 0.412 e. The predicted octanol–water partition coefficient (Wildman–Crippen LogP) is 4.59. The molecule has 2 heterocycles. The van der Waals surface area contributed by atoms with Crippen LogP contribution in [0.4, 0.5) is 32.8 Å². The smallest absolute Gasteiger partial charge is 0.351 e. The lowest BCUT2D eigenvalue weighted by Gasteiger charge is -2.27. The van der Waals surface area contributed by atoms with Gasteiger partial charge in [-0.3, -0.25) is 9.36 Å². The Kier molecular flexibility index (Phi) is 6.81. The van der Waals surface area contributed by atoms with E-state index < -0.39 is 55.4 Å². The average Bonchev–Trinajstić information content (AvgIpc) is 3.38. The van der Waals surface area contributed by atoms with Gasteiger partial charge in [0.05, 0.1) is 17.7 Å². The fourth-order valence-corrected chi connectivity index (χ4v) is 4.38. The number of hydrogen-bond donors (Lipinski definition) is 3. The highest BCUT2D eigenvalue weighted by Crippen LogP contribution is 2.35. The van der Waals surface area contributed by atoms with Gasteiger partial charge in [-0.25, -0.2) is 14.0 Å². The molecule has 36 heavy (non-hydrogen) atoms. The SMILES string of the molecule is NC(=O)n1cc(NC(=O)N2C[C@H](F)C[C@H]2C(=O)N[C@@H](c2cccc(Cl)c2)C(F)(F)F)c2ccccc21. The minimum atomic E-state index is -4.88. The number of likely N-dealkylation sites (tertiary alicyclic amines) is 1. The third-order valence-corrected chi connectivity index (χ3v) is 6.04. The number of amides is 4. The summed E-state index contributed by atoms with van der Waals surface area (Å²) >= 11 is 5.80. The molecule has 8 nitrogen and oxygen atoms in total. The number of aromatic nitrogens is 1. The second kappa shape index (κ2) is 9.69. The number of anilines is 1. The van der Waals surface area contributed by atoms with Gasteiger partial charge in [0.2, 0.25) is 5.91 Å². The Labute approximate surface area is 207 Å². The lowest BCUT2D eigenvalue weighted by atomic mass is 10.1. The topological polar surface area (TPSA) is 109 Å². The quantitative estimate of drug-likeness (QED) is 0.433. The van der Waals surface area contributed by atoms with E-state index in [1.54, 1.807) is 24.3 Å². The molecule has 0 aliphatic carbocycles. The molecule has 4 amide bonds. The first-order chi connectivity index (χ1) is 17.0. The van der Waals surface area contributed by atoms with Crippen molar-refractivity contribution < 1.29 is 31.9 Å². The number of para-hydroxylation sites is 1. The van der Waals surface area contributed by atoms with E-state index in [0.717, 1.165) is 21.6 Å². The van der Waals surface area contributed by atoms with Crippen molar-refractivity contribution in [2.45, 2.75) is 30.9 Å². The first-order valence-electron chi connectivity index (χ1n) is 10.7. The molecule has 4 N–H and O–H groups in total. The zero-order chi connectivity index (χ0) is 26.2. The molecule has 13 heteroatoms. The van der Waals surface area contributed by atoms with Crippen molar-refractivity contribution in [2.24, 2.45) is 5.73 Å². The van der Waals surface area contributed by atoms with Crippen LogP contribution >= 0.6 is 11.6 Å². The van der Waals surface area contributed by atoms with Crippen molar-refractivity contribution in [3.05, 3.63) is 65.3 Å². The Morgan fingerprint density at radius 3 is 2.50 bits per heavy atom. The number of primary amides is 1. The molecule has 4 rings (SSSR count). The molecule has 190 valence electrons. The molecule has 0 unspecified atom stereocenters. The van der Waals surface area contributed by atoms with Crippen LogP contribution in [-0.2, 0) is 4.79 Å². The molecule has 1 saturated heterocycles. The van der Waals surface area contributed by atoms with Crippen molar-refractivity contribution in [3.63, 3.8) is 0 Å². The number of carbonyl (C=O) groups is 3. The Morgan fingerprint density at radius 2 is 1.83 bits per heavy atom. The van der Waals surface area contributed by atoms with Crippen LogP contribution in [0.2, 0.25) is 5.02 Å². The van der Waals surface area contributed by atoms with Gasteiger partial charge in [-0.15, -0.1) is 0 Å². The number of hydrogen-bond acceptors (Lipinski definition) is 3.